The second-order valence-electron chi connectivity index (χ2n) is 4.85. The fourth-order valence-corrected chi connectivity index (χ4v) is 2.16. The average molecular weight is 262 g/mol. The number of nitro benzene ring substituents is 1. The summed E-state index contributed by atoms with van der Waals surface area (Å²) in [6.45, 7) is 5.90. The van der Waals surface area contributed by atoms with Gasteiger partial charge in [0.25, 0.3) is 5.69 Å². The summed E-state index contributed by atoms with van der Waals surface area (Å²) in [5.74, 6) is 0. The molecule has 1 aliphatic rings. The Hall–Kier alpha value is -1.88. The fourth-order valence-electron chi connectivity index (χ4n) is 2.16. The molecule has 2 rings (SSSR count). The molecule has 1 atom stereocenters. The number of aliphatic hydroxyl groups excluding tert-OH is 1. The number of rotatable bonds is 6. The van der Waals surface area contributed by atoms with Gasteiger partial charge in [0, 0.05) is 18.7 Å². The van der Waals surface area contributed by atoms with Crippen LogP contribution in [-0.4, -0.2) is 22.6 Å². The van der Waals surface area contributed by atoms with Crippen LogP contribution in [0, 0.1) is 10.1 Å². The van der Waals surface area contributed by atoms with Crippen molar-refractivity contribution < 1.29 is 10.0 Å². The zero-order valence-electron chi connectivity index (χ0n) is 11.0. The number of nitrogens with zero attached hydrogens (tertiary/aromatic N) is 2. The lowest BCUT2D eigenvalue weighted by Crippen LogP contribution is -2.26. The molecule has 0 amide bonds. The average Bonchev–Trinajstić information content (AvgIpc) is 3.19. The molecule has 1 N–H and O–H groups in total. The van der Waals surface area contributed by atoms with Crippen molar-refractivity contribution in [3.8, 4) is 0 Å². The normalized spacial score (nSPS) is 15.9. The van der Waals surface area contributed by atoms with Gasteiger partial charge < -0.3 is 10.0 Å². The first-order chi connectivity index (χ1) is 9.04. The van der Waals surface area contributed by atoms with E-state index in [9.17, 15) is 15.2 Å². The zero-order chi connectivity index (χ0) is 14.0. The highest BCUT2D eigenvalue weighted by atomic mass is 16.6. The Balaban J connectivity index is 2.42. The van der Waals surface area contributed by atoms with E-state index in [4.69, 9.17) is 0 Å². The molecule has 1 aromatic rings. The van der Waals surface area contributed by atoms with E-state index in [-0.39, 0.29) is 10.6 Å². The quantitative estimate of drug-likeness (QED) is 0.486. The molecule has 1 aliphatic carbocycles. The fraction of sp³-hybridized carbons (Fsp3) is 0.429. The predicted octanol–water partition coefficient (Wildman–Crippen LogP) is 2.80. The number of aliphatic hydroxyl groups is 1. The molecular weight excluding hydrogens is 244 g/mol. The van der Waals surface area contributed by atoms with Gasteiger partial charge in [0.05, 0.1) is 11.0 Å². The Bertz CT molecular complexity index is 495. The summed E-state index contributed by atoms with van der Waals surface area (Å²) in [5, 5.41) is 20.8. The number of anilines is 1. The van der Waals surface area contributed by atoms with Crippen molar-refractivity contribution in [1.29, 1.82) is 0 Å². The smallest absolute Gasteiger partial charge is 0.292 e. The molecule has 0 radical (unpaired) electrons. The van der Waals surface area contributed by atoms with E-state index in [1.54, 1.807) is 25.1 Å². The Morgan fingerprint density at radius 2 is 2.32 bits per heavy atom. The molecule has 0 spiro atoms. The van der Waals surface area contributed by atoms with E-state index in [1.165, 1.54) is 6.07 Å². The van der Waals surface area contributed by atoms with Crippen molar-refractivity contribution in [3.05, 3.63) is 46.5 Å². The Morgan fingerprint density at radius 1 is 1.63 bits per heavy atom. The molecule has 5 heteroatoms. The Labute approximate surface area is 112 Å². The van der Waals surface area contributed by atoms with Crippen LogP contribution in [0.2, 0.25) is 0 Å². The predicted molar refractivity (Wildman–Crippen MR) is 74.3 cm³/mol. The summed E-state index contributed by atoms with van der Waals surface area (Å²) in [6, 6.07) is 5.29. The summed E-state index contributed by atoms with van der Waals surface area (Å²) >= 11 is 0. The van der Waals surface area contributed by atoms with Gasteiger partial charge in [-0.25, -0.2) is 0 Å². The molecule has 5 nitrogen and oxygen atoms in total. The molecule has 0 aromatic heterocycles. The zero-order valence-corrected chi connectivity index (χ0v) is 11.0. The lowest BCUT2D eigenvalue weighted by Gasteiger charge is -2.23. The molecule has 0 unspecified atom stereocenters. The van der Waals surface area contributed by atoms with Crippen LogP contribution < -0.4 is 4.90 Å². The first kappa shape index (κ1) is 13.5. The summed E-state index contributed by atoms with van der Waals surface area (Å²) < 4.78 is 0. The summed E-state index contributed by atoms with van der Waals surface area (Å²) in [6.07, 6.45) is 3.17. The van der Waals surface area contributed by atoms with Crippen molar-refractivity contribution >= 4 is 11.4 Å². The number of hydrogen-bond donors (Lipinski definition) is 1. The minimum atomic E-state index is -0.707. The lowest BCUT2D eigenvalue weighted by atomic mass is 10.1. The highest BCUT2D eigenvalue weighted by molar-refractivity contribution is 5.66. The molecule has 0 aliphatic heterocycles. The third kappa shape index (κ3) is 2.93. The van der Waals surface area contributed by atoms with Gasteiger partial charge in [0.1, 0.15) is 5.69 Å². The minimum Gasteiger partial charge on any atom is -0.389 e. The van der Waals surface area contributed by atoms with Crippen molar-refractivity contribution in [1.82, 2.24) is 0 Å². The molecule has 19 heavy (non-hydrogen) atoms. The van der Waals surface area contributed by atoms with E-state index in [2.05, 4.69) is 6.58 Å². The summed E-state index contributed by atoms with van der Waals surface area (Å²) in [4.78, 5) is 12.8. The van der Waals surface area contributed by atoms with E-state index in [1.807, 2.05) is 4.90 Å². The van der Waals surface area contributed by atoms with Gasteiger partial charge in [-0.05, 0) is 31.4 Å². The SMILES string of the molecule is C=CCN(c1ccc([C@H](C)O)cc1[N+](=O)[O-])C1CC1. The monoisotopic (exact) mass is 262 g/mol. The maximum atomic E-state index is 11.2. The highest BCUT2D eigenvalue weighted by Gasteiger charge is 2.32. The number of benzene rings is 1. The molecule has 0 bridgehead atoms. The third-order valence-corrected chi connectivity index (χ3v) is 3.30. The van der Waals surface area contributed by atoms with Crippen LogP contribution in [0.5, 0.6) is 0 Å². The van der Waals surface area contributed by atoms with Crippen LogP contribution in [0.15, 0.2) is 30.9 Å². The summed E-state index contributed by atoms with van der Waals surface area (Å²) in [7, 11) is 0. The highest BCUT2D eigenvalue weighted by Crippen LogP contribution is 2.37. The summed E-state index contributed by atoms with van der Waals surface area (Å²) in [5.41, 5.74) is 1.22. The van der Waals surface area contributed by atoms with Gasteiger partial charge in [-0.15, -0.1) is 6.58 Å². The molecule has 102 valence electrons. The first-order valence-electron chi connectivity index (χ1n) is 6.38. The third-order valence-electron chi connectivity index (χ3n) is 3.30. The van der Waals surface area contributed by atoms with Crippen molar-refractivity contribution in [2.45, 2.75) is 31.9 Å². The molecule has 1 fully saturated rings. The van der Waals surface area contributed by atoms with Gasteiger partial charge in [0.2, 0.25) is 0 Å². The standard InChI is InChI=1S/C14H18N2O3/c1-3-8-15(12-5-6-12)13-7-4-11(10(2)17)9-14(13)16(18)19/h3-4,7,9-10,12,17H,1,5-6,8H2,2H3/t10-/m0/s1. The van der Waals surface area contributed by atoms with E-state index < -0.39 is 6.10 Å². The van der Waals surface area contributed by atoms with Crippen molar-refractivity contribution in [2.24, 2.45) is 0 Å². The van der Waals surface area contributed by atoms with E-state index >= 15 is 0 Å². The van der Waals surface area contributed by atoms with Crippen LogP contribution in [-0.2, 0) is 0 Å². The van der Waals surface area contributed by atoms with Crippen LogP contribution in [0.1, 0.15) is 31.4 Å². The minimum absolute atomic E-state index is 0.0483. The number of nitro groups is 1. The van der Waals surface area contributed by atoms with Gasteiger partial charge in [-0.3, -0.25) is 10.1 Å². The Morgan fingerprint density at radius 3 is 2.79 bits per heavy atom. The maximum Gasteiger partial charge on any atom is 0.292 e. The first-order valence-corrected chi connectivity index (χ1v) is 6.38. The van der Waals surface area contributed by atoms with Gasteiger partial charge in [-0.2, -0.15) is 0 Å². The molecule has 0 heterocycles. The second kappa shape index (κ2) is 5.40. The number of hydrogen-bond acceptors (Lipinski definition) is 4. The van der Waals surface area contributed by atoms with Crippen LogP contribution in [0.3, 0.4) is 0 Å². The topological polar surface area (TPSA) is 66.6 Å². The van der Waals surface area contributed by atoms with Crippen molar-refractivity contribution in [2.75, 3.05) is 11.4 Å². The van der Waals surface area contributed by atoms with Crippen LogP contribution >= 0.6 is 0 Å². The van der Waals surface area contributed by atoms with Crippen LogP contribution in [0.4, 0.5) is 11.4 Å². The largest absolute Gasteiger partial charge is 0.389 e. The maximum absolute atomic E-state index is 11.2. The molecule has 0 saturated heterocycles. The molecule has 1 saturated carbocycles. The van der Waals surface area contributed by atoms with Crippen LogP contribution in [0.25, 0.3) is 0 Å². The van der Waals surface area contributed by atoms with E-state index in [0.29, 0.717) is 23.8 Å². The molecular formula is C14H18N2O3. The van der Waals surface area contributed by atoms with Crippen molar-refractivity contribution in [3.63, 3.8) is 0 Å². The van der Waals surface area contributed by atoms with Gasteiger partial charge in [-0.1, -0.05) is 12.1 Å². The van der Waals surface area contributed by atoms with E-state index in [0.717, 1.165) is 12.8 Å². The van der Waals surface area contributed by atoms with Gasteiger partial charge >= 0.3 is 0 Å². The second-order valence-corrected chi connectivity index (χ2v) is 4.85. The van der Waals surface area contributed by atoms with Gasteiger partial charge in [0.15, 0.2) is 0 Å². The molecule has 1 aromatic carbocycles. The Kier molecular flexibility index (Phi) is 3.85. The lowest BCUT2D eigenvalue weighted by molar-refractivity contribution is -0.384.